The fourth-order valence-electron chi connectivity index (χ4n) is 3.70. The predicted molar refractivity (Wildman–Crippen MR) is 96.7 cm³/mol. The van der Waals surface area contributed by atoms with Crippen molar-refractivity contribution in [2.75, 3.05) is 13.1 Å². The third-order valence-electron chi connectivity index (χ3n) is 5.17. The van der Waals surface area contributed by atoms with E-state index >= 15 is 0 Å². The SMILES string of the molecule is CCN(CC(=O)NN1C(=O)NC2(CCCCC2)C1=O)Cc1ccccc1. The first-order valence-corrected chi connectivity index (χ1v) is 9.26. The van der Waals surface area contributed by atoms with Crippen LogP contribution in [-0.4, -0.2) is 46.4 Å². The van der Waals surface area contributed by atoms with Crippen LogP contribution < -0.4 is 10.7 Å². The number of nitrogens with zero attached hydrogens (tertiary/aromatic N) is 2. The lowest BCUT2D eigenvalue weighted by molar-refractivity contribution is -0.140. The zero-order valence-corrected chi connectivity index (χ0v) is 15.2. The van der Waals surface area contributed by atoms with Crippen LogP contribution in [0.5, 0.6) is 0 Å². The molecule has 1 saturated carbocycles. The van der Waals surface area contributed by atoms with E-state index in [1.807, 2.05) is 42.2 Å². The number of hydrazine groups is 1. The van der Waals surface area contributed by atoms with Crippen LogP contribution in [-0.2, 0) is 16.1 Å². The summed E-state index contributed by atoms with van der Waals surface area (Å²) in [5.41, 5.74) is 2.78. The van der Waals surface area contributed by atoms with Crippen molar-refractivity contribution in [3.63, 3.8) is 0 Å². The molecule has 7 nitrogen and oxygen atoms in total. The Morgan fingerprint density at radius 1 is 1.19 bits per heavy atom. The maximum atomic E-state index is 12.7. The molecule has 26 heavy (non-hydrogen) atoms. The fourth-order valence-corrected chi connectivity index (χ4v) is 3.70. The average molecular weight is 358 g/mol. The molecule has 1 aliphatic carbocycles. The highest BCUT2D eigenvalue weighted by molar-refractivity contribution is 6.08. The van der Waals surface area contributed by atoms with Crippen LogP contribution in [0.1, 0.15) is 44.6 Å². The maximum absolute atomic E-state index is 12.7. The van der Waals surface area contributed by atoms with Crippen molar-refractivity contribution in [3.05, 3.63) is 35.9 Å². The van der Waals surface area contributed by atoms with Gasteiger partial charge in [-0.05, 0) is 24.9 Å². The molecule has 2 N–H and O–H groups in total. The average Bonchev–Trinajstić information content (AvgIpc) is 2.86. The maximum Gasteiger partial charge on any atom is 0.344 e. The molecular weight excluding hydrogens is 332 g/mol. The minimum absolute atomic E-state index is 0.120. The first-order valence-electron chi connectivity index (χ1n) is 9.26. The molecule has 1 aromatic carbocycles. The molecule has 2 aliphatic rings. The van der Waals surface area contributed by atoms with E-state index in [1.165, 1.54) is 0 Å². The van der Waals surface area contributed by atoms with Gasteiger partial charge in [-0.2, -0.15) is 5.01 Å². The van der Waals surface area contributed by atoms with Crippen molar-refractivity contribution in [1.82, 2.24) is 20.7 Å². The number of hydrogen-bond acceptors (Lipinski definition) is 4. The van der Waals surface area contributed by atoms with Gasteiger partial charge in [0, 0.05) is 6.54 Å². The summed E-state index contributed by atoms with van der Waals surface area (Å²) < 4.78 is 0. The number of hydrogen-bond donors (Lipinski definition) is 2. The van der Waals surface area contributed by atoms with E-state index in [0.717, 1.165) is 29.8 Å². The van der Waals surface area contributed by atoms with Gasteiger partial charge in [-0.25, -0.2) is 4.79 Å². The van der Waals surface area contributed by atoms with Crippen molar-refractivity contribution in [2.24, 2.45) is 0 Å². The summed E-state index contributed by atoms with van der Waals surface area (Å²) >= 11 is 0. The number of nitrogens with one attached hydrogen (secondary N) is 2. The molecule has 1 aromatic rings. The van der Waals surface area contributed by atoms with Crippen molar-refractivity contribution < 1.29 is 14.4 Å². The lowest BCUT2D eigenvalue weighted by Crippen LogP contribution is -2.52. The third-order valence-corrected chi connectivity index (χ3v) is 5.17. The molecule has 1 spiro atoms. The molecule has 140 valence electrons. The Morgan fingerprint density at radius 3 is 2.54 bits per heavy atom. The van der Waals surface area contributed by atoms with Crippen LogP contribution in [0.4, 0.5) is 4.79 Å². The lowest BCUT2D eigenvalue weighted by atomic mass is 9.82. The molecule has 0 unspecified atom stereocenters. The van der Waals surface area contributed by atoms with Gasteiger partial charge in [0.25, 0.3) is 11.8 Å². The highest BCUT2D eigenvalue weighted by atomic mass is 16.2. The highest BCUT2D eigenvalue weighted by Crippen LogP contribution is 2.32. The first-order chi connectivity index (χ1) is 12.5. The normalized spacial score (nSPS) is 19.1. The summed E-state index contributed by atoms with van der Waals surface area (Å²) in [4.78, 5) is 39.2. The van der Waals surface area contributed by atoms with Gasteiger partial charge in [-0.1, -0.05) is 56.5 Å². The van der Waals surface area contributed by atoms with Gasteiger partial charge in [0.1, 0.15) is 5.54 Å². The molecule has 1 saturated heterocycles. The molecule has 7 heteroatoms. The van der Waals surface area contributed by atoms with Crippen LogP contribution in [0.3, 0.4) is 0 Å². The quantitative estimate of drug-likeness (QED) is 0.760. The Kier molecular flexibility index (Phi) is 5.56. The first kappa shape index (κ1) is 18.4. The minimum atomic E-state index is -0.822. The van der Waals surface area contributed by atoms with Gasteiger partial charge in [0.05, 0.1) is 6.54 Å². The van der Waals surface area contributed by atoms with Gasteiger partial charge < -0.3 is 5.32 Å². The monoisotopic (exact) mass is 358 g/mol. The summed E-state index contributed by atoms with van der Waals surface area (Å²) in [7, 11) is 0. The molecule has 3 rings (SSSR count). The van der Waals surface area contributed by atoms with Gasteiger partial charge in [-0.3, -0.25) is 19.9 Å². The molecular formula is C19H26N4O3. The Labute approximate surface area is 153 Å². The number of benzene rings is 1. The molecule has 4 amide bonds. The molecule has 0 bridgehead atoms. The second-order valence-corrected chi connectivity index (χ2v) is 7.04. The fraction of sp³-hybridized carbons (Fsp3) is 0.526. The van der Waals surface area contributed by atoms with Crippen molar-refractivity contribution in [3.8, 4) is 0 Å². The predicted octanol–water partition coefficient (Wildman–Crippen LogP) is 1.79. The number of rotatable bonds is 6. The zero-order chi connectivity index (χ0) is 18.6. The smallest absolute Gasteiger partial charge is 0.322 e. The molecule has 1 aliphatic heterocycles. The third kappa shape index (κ3) is 3.88. The van der Waals surface area contributed by atoms with Crippen molar-refractivity contribution in [2.45, 2.75) is 51.1 Å². The van der Waals surface area contributed by atoms with Gasteiger partial charge >= 0.3 is 6.03 Å². The Bertz CT molecular complexity index is 671. The summed E-state index contributed by atoms with van der Waals surface area (Å²) in [6.07, 6.45) is 4.17. The molecule has 0 atom stereocenters. The van der Waals surface area contributed by atoms with Gasteiger partial charge in [0.2, 0.25) is 0 Å². The topological polar surface area (TPSA) is 81.8 Å². The number of urea groups is 1. The van der Waals surface area contributed by atoms with Crippen LogP contribution in [0.25, 0.3) is 0 Å². The van der Waals surface area contributed by atoms with E-state index in [-0.39, 0.29) is 18.4 Å². The molecule has 1 heterocycles. The zero-order valence-electron chi connectivity index (χ0n) is 15.2. The van der Waals surface area contributed by atoms with Crippen LogP contribution in [0.2, 0.25) is 0 Å². The minimum Gasteiger partial charge on any atom is -0.322 e. The molecule has 0 aromatic heterocycles. The van der Waals surface area contributed by atoms with Crippen LogP contribution in [0.15, 0.2) is 30.3 Å². The van der Waals surface area contributed by atoms with Crippen LogP contribution >= 0.6 is 0 Å². The van der Waals surface area contributed by atoms with E-state index in [9.17, 15) is 14.4 Å². The number of carbonyl (C=O) groups is 3. The lowest BCUT2D eigenvalue weighted by Gasteiger charge is -2.30. The summed E-state index contributed by atoms with van der Waals surface area (Å²) in [5, 5.41) is 3.66. The molecule has 0 radical (unpaired) electrons. The Hall–Kier alpha value is -2.41. The van der Waals surface area contributed by atoms with E-state index < -0.39 is 11.6 Å². The largest absolute Gasteiger partial charge is 0.344 e. The highest BCUT2D eigenvalue weighted by Gasteiger charge is 2.52. The summed E-state index contributed by atoms with van der Waals surface area (Å²) in [5.74, 6) is -0.694. The van der Waals surface area contributed by atoms with E-state index in [1.54, 1.807) is 0 Å². The Morgan fingerprint density at radius 2 is 1.88 bits per heavy atom. The summed E-state index contributed by atoms with van der Waals surface area (Å²) in [6, 6.07) is 9.34. The Balaban J connectivity index is 1.58. The van der Waals surface area contributed by atoms with Crippen molar-refractivity contribution >= 4 is 17.8 Å². The van der Waals surface area contributed by atoms with E-state index in [4.69, 9.17) is 0 Å². The number of amides is 4. The van der Waals surface area contributed by atoms with Crippen molar-refractivity contribution in [1.29, 1.82) is 0 Å². The molecule has 2 fully saturated rings. The summed E-state index contributed by atoms with van der Waals surface area (Å²) in [6.45, 7) is 3.41. The number of likely N-dealkylation sites (N-methyl/N-ethyl adjacent to an activating group) is 1. The standard InChI is InChI=1S/C19H26N4O3/c1-2-22(13-15-9-5-3-6-10-15)14-16(24)21-23-17(25)19(20-18(23)26)11-7-4-8-12-19/h3,5-6,9-10H,2,4,7-8,11-14H2,1H3,(H,20,26)(H,21,24). The van der Waals surface area contributed by atoms with Crippen LogP contribution in [0, 0.1) is 0 Å². The number of carbonyl (C=O) groups excluding carboxylic acids is 3. The van der Waals surface area contributed by atoms with Gasteiger partial charge in [-0.15, -0.1) is 0 Å². The number of imide groups is 1. The van der Waals surface area contributed by atoms with Gasteiger partial charge in [0.15, 0.2) is 0 Å². The van der Waals surface area contributed by atoms with E-state index in [0.29, 0.717) is 25.9 Å². The second-order valence-electron chi connectivity index (χ2n) is 7.04. The van der Waals surface area contributed by atoms with E-state index in [2.05, 4.69) is 10.7 Å². The second kappa shape index (κ2) is 7.86.